The van der Waals surface area contributed by atoms with E-state index in [-0.39, 0.29) is 17.8 Å². The molecule has 0 atom stereocenters. The summed E-state index contributed by atoms with van der Waals surface area (Å²) in [5.74, 6) is 0.374. The van der Waals surface area contributed by atoms with E-state index in [1.165, 1.54) is 37.6 Å². The van der Waals surface area contributed by atoms with Crippen LogP contribution in [0.5, 0.6) is 5.88 Å². The van der Waals surface area contributed by atoms with Crippen molar-refractivity contribution in [3.8, 4) is 5.88 Å². The van der Waals surface area contributed by atoms with Crippen molar-refractivity contribution in [3.05, 3.63) is 52.7 Å². The molecular weight excluding hydrogens is 476 g/mol. The van der Waals surface area contributed by atoms with Gasteiger partial charge >= 0.3 is 0 Å². The van der Waals surface area contributed by atoms with E-state index >= 15 is 0 Å². The van der Waals surface area contributed by atoms with E-state index in [9.17, 15) is 14.0 Å². The van der Waals surface area contributed by atoms with Gasteiger partial charge in [0.1, 0.15) is 23.6 Å². The van der Waals surface area contributed by atoms with Crippen LogP contribution in [0.2, 0.25) is 0 Å². The van der Waals surface area contributed by atoms with Crippen LogP contribution in [0, 0.1) is 11.7 Å². The van der Waals surface area contributed by atoms with Crippen molar-refractivity contribution >= 4 is 36.6 Å². The molecule has 1 aliphatic rings. The first-order chi connectivity index (χ1) is 16.8. The number of fused-ring (bicyclic) bond motifs is 1. The average molecular weight is 503 g/mol. The average Bonchev–Trinajstić information content (AvgIpc) is 2.85. The van der Waals surface area contributed by atoms with Crippen LogP contribution in [0.1, 0.15) is 19.3 Å². The van der Waals surface area contributed by atoms with Gasteiger partial charge in [-0.05, 0) is 55.5 Å². The molecule has 186 valence electrons. The zero-order valence-corrected chi connectivity index (χ0v) is 20.1. The maximum absolute atomic E-state index is 13.1. The molecule has 10 nitrogen and oxygen atoms in total. The predicted molar refractivity (Wildman–Crippen MR) is 131 cm³/mol. The number of hydrogen-bond donors (Lipinski definition) is 3. The van der Waals surface area contributed by atoms with Gasteiger partial charge in [-0.3, -0.25) is 9.59 Å². The number of ether oxygens (including phenoxy) is 1. The summed E-state index contributed by atoms with van der Waals surface area (Å²) in [5, 5.41) is 7.55. The Balaban J connectivity index is 1.50. The minimum absolute atomic E-state index is 0.158. The second-order valence-corrected chi connectivity index (χ2v) is 9.62. The van der Waals surface area contributed by atoms with Crippen LogP contribution in [0.3, 0.4) is 0 Å². The summed E-state index contributed by atoms with van der Waals surface area (Å²) in [6, 6.07) is 7.10. The van der Waals surface area contributed by atoms with Gasteiger partial charge in [0.2, 0.25) is 11.8 Å². The highest BCUT2D eigenvalue weighted by Gasteiger charge is 2.23. The lowest BCUT2D eigenvalue weighted by atomic mass is 9.94. The number of piperidine rings is 1. The lowest BCUT2D eigenvalue weighted by Gasteiger charge is -2.33. The van der Waals surface area contributed by atoms with E-state index in [2.05, 4.69) is 20.3 Å². The predicted octanol–water partition coefficient (Wildman–Crippen LogP) is 2.48. The summed E-state index contributed by atoms with van der Waals surface area (Å²) in [6.07, 6.45) is 4.55. The van der Waals surface area contributed by atoms with Crippen molar-refractivity contribution in [1.29, 1.82) is 0 Å². The number of benzene rings is 1. The zero-order valence-electron chi connectivity index (χ0n) is 19.2. The topological polar surface area (TPSA) is 130 Å². The number of amides is 1. The third-order valence-corrected chi connectivity index (χ3v) is 6.74. The molecule has 3 heterocycles. The van der Waals surface area contributed by atoms with Gasteiger partial charge < -0.3 is 24.7 Å². The summed E-state index contributed by atoms with van der Waals surface area (Å²) in [5.41, 5.74) is -0.0951. The smallest absolute Gasteiger partial charge is 0.280 e. The number of hydrogen-bond acceptors (Lipinski definition) is 8. The molecule has 12 heteroatoms. The second-order valence-electron chi connectivity index (χ2n) is 8.43. The van der Waals surface area contributed by atoms with Crippen LogP contribution >= 0.6 is 8.38 Å². The quantitative estimate of drug-likeness (QED) is 0.400. The highest BCUT2D eigenvalue weighted by atomic mass is 31.2. The monoisotopic (exact) mass is 503 g/mol. The molecule has 0 spiro atoms. The fourth-order valence-corrected chi connectivity index (χ4v) is 4.79. The van der Waals surface area contributed by atoms with E-state index in [0.717, 1.165) is 37.0 Å². The standard InChI is InChI=1S/C23H27FN5O5P/c1-34-22-21-16(12-19(27-22)28-9-6-15(7-10-28)8-11-35(32)33)13-25-29(23(21)31)14-20(30)26-18-4-2-17(24)3-5-18/h2-5,12-13,15,32-33H,6-11,14H2,1H3,(H,26,30). The third kappa shape index (κ3) is 6.11. The van der Waals surface area contributed by atoms with E-state index in [1.807, 2.05) is 0 Å². The Kier molecular flexibility index (Phi) is 7.90. The fourth-order valence-electron chi connectivity index (χ4n) is 4.20. The van der Waals surface area contributed by atoms with Gasteiger partial charge in [0.15, 0.2) is 8.38 Å². The molecule has 4 rings (SSSR count). The third-order valence-electron chi connectivity index (χ3n) is 6.08. The van der Waals surface area contributed by atoms with Gasteiger partial charge in [-0.15, -0.1) is 0 Å². The SMILES string of the molecule is COc1nc(N2CCC(CCP(O)O)CC2)cc2cnn(CC(=O)Nc3ccc(F)cc3)c(=O)c12. The number of carbonyl (C=O) groups excluding carboxylic acids is 1. The highest BCUT2D eigenvalue weighted by Crippen LogP contribution is 2.32. The van der Waals surface area contributed by atoms with Crippen molar-refractivity contribution in [2.24, 2.45) is 5.92 Å². The number of carbonyl (C=O) groups is 1. The minimum atomic E-state index is -1.85. The number of methoxy groups -OCH3 is 1. The van der Waals surface area contributed by atoms with Gasteiger partial charge in [-0.25, -0.2) is 9.07 Å². The molecule has 1 aliphatic heterocycles. The number of anilines is 2. The number of nitrogens with zero attached hydrogens (tertiary/aromatic N) is 4. The molecule has 0 bridgehead atoms. The summed E-state index contributed by atoms with van der Waals surface area (Å²) in [6.45, 7) is 1.19. The van der Waals surface area contributed by atoms with Crippen LogP contribution in [0.15, 0.2) is 41.3 Å². The summed E-state index contributed by atoms with van der Waals surface area (Å²) in [7, 11) is -0.417. The molecule has 1 aromatic carbocycles. The van der Waals surface area contributed by atoms with Crippen LogP contribution < -0.4 is 20.5 Å². The molecule has 1 amide bonds. The maximum atomic E-state index is 13.1. The molecule has 3 N–H and O–H groups in total. The molecule has 1 fully saturated rings. The molecule has 2 aromatic heterocycles. The van der Waals surface area contributed by atoms with Crippen LogP contribution in [0.4, 0.5) is 15.9 Å². The number of halogens is 1. The summed E-state index contributed by atoms with van der Waals surface area (Å²) < 4.78 is 19.5. The second kappa shape index (κ2) is 11.1. The molecule has 0 aliphatic carbocycles. The first-order valence-electron chi connectivity index (χ1n) is 11.2. The van der Waals surface area contributed by atoms with Gasteiger partial charge in [-0.1, -0.05) is 0 Å². The van der Waals surface area contributed by atoms with Gasteiger partial charge in [0, 0.05) is 30.3 Å². The van der Waals surface area contributed by atoms with Gasteiger partial charge in [-0.2, -0.15) is 10.1 Å². The van der Waals surface area contributed by atoms with Crippen molar-refractivity contribution < 1.29 is 23.7 Å². The lowest BCUT2D eigenvalue weighted by Crippen LogP contribution is -2.34. The molecular formula is C23H27FN5O5P. The van der Waals surface area contributed by atoms with Crippen molar-refractivity contribution in [2.75, 3.05) is 36.6 Å². The Morgan fingerprint density at radius 2 is 1.97 bits per heavy atom. The molecule has 0 radical (unpaired) electrons. The van der Waals surface area contributed by atoms with E-state index in [1.54, 1.807) is 6.07 Å². The van der Waals surface area contributed by atoms with E-state index in [4.69, 9.17) is 14.5 Å². The van der Waals surface area contributed by atoms with Crippen molar-refractivity contribution in [2.45, 2.75) is 25.8 Å². The molecule has 3 aromatic rings. The number of rotatable bonds is 8. The van der Waals surface area contributed by atoms with E-state index in [0.29, 0.717) is 29.0 Å². The Morgan fingerprint density at radius 3 is 2.63 bits per heavy atom. The van der Waals surface area contributed by atoms with Gasteiger partial charge in [0.25, 0.3) is 5.56 Å². The van der Waals surface area contributed by atoms with Crippen LogP contribution in [-0.4, -0.2) is 56.8 Å². The highest BCUT2D eigenvalue weighted by molar-refractivity contribution is 7.45. The Morgan fingerprint density at radius 1 is 1.26 bits per heavy atom. The first-order valence-corrected chi connectivity index (χ1v) is 12.7. The molecule has 0 unspecified atom stereocenters. The molecule has 35 heavy (non-hydrogen) atoms. The Hall–Kier alpha value is -3.14. The molecule has 1 saturated heterocycles. The maximum Gasteiger partial charge on any atom is 0.280 e. The zero-order chi connectivity index (χ0) is 24.9. The van der Waals surface area contributed by atoms with Crippen molar-refractivity contribution in [3.63, 3.8) is 0 Å². The number of pyridine rings is 1. The summed E-state index contributed by atoms with van der Waals surface area (Å²) in [4.78, 5) is 50.5. The number of nitrogens with one attached hydrogen (secondary N) is 1. The lowest BCUT2D eigenvalue weighted by molar-refractivity contribution is -0.117. The fraction of sp³-hybridized carbons (Fsp3) is 0.391. The summed E-state index contributed by atoms with van der Waals surface area (Å²) >= 11 is 0. The minimum Gasteiger partial charge on any atom is -0.480 e. The van der Waals surface area contributed by atoms with Crippen molar-refractivity contribution in [1.82, 2.24) is 14.8 Å². The Bertz CT molecular complexity index is 1250. The van der Waals surface area contributed by atoms with Crippen LogP contribution in [-0.2, 0) is 11.3 Å². The normalized spacial score (nSPS) is 14.5. The van der Waals surface area contributed by atoms with Gasteiger partial charge in [0.05, 0.1) is 13.3 Å². The number of aromatic nitrogens is 3. The first kappa shape index (κ1) is 25.0. The van der Waals surface area contributed by atoms with Crippen LogP contribution in [0.25, 0.3) is 10.8 Å². The Labute approximate surface area is 202 Å². The molecule has 0 saturated carbocycles. The van der Waals surface area contributed by atoms with E-state index < -0.39 is 25.7 Å². The largest absolute Gasteiger partial charge is 0.480 e.